The van der Waals surface area contributed by atoms with E-state index in [0.29, 0.717) is 10.8 Å². The number of pyridine rings is 1. The van der Waals surface area contributed by atoms with Crippen LogP contribution in [0.4, 0.5) is 10.1 Å². The molecule has 2 atom stereocenters. The average molecular weight is 521 g/mol. The lowest BCUT2D eigenvalue weighted by atomic mass is 9.96. The highest BCUT2D eigenvalue weighted by Crippen LogP contribution is 2.44. The molecule has 0 unspecified atom stereocenters. The van der Waals surface area contributed by atoms with Gasteiger partial charge in [0.2, 0.25) is 0 Å². The molecule has 0 aliphatic carbocycles. The molecule has 0 radical (unpaired) electrons. The van der Waals surface area contributed by atoms with Gasteiger partial charge in [0.25, 0.3) is 0 Å². The first-order chi connectivity index (χ1) is 16.0. The quantitative estimate of drug-likeness (QED) is 0.308. The summed E-state index contributed by atoms with van der Waals surface area (Å²) < 4.78 is 18.2. The lowest BCUT2D eigenvalue weighted by Gasteiger charge is -2.28. The largest absolute Gasteiger partial charge is 0.351 e. The molecule has 0 amide bonds. The smallest absolute Gasteiger partial charge is 0.174 e. The topological polar surface area (TPSA) is 33.1 Å². The van der Waals surface area contributed by atoms with Crippen molar-refractivity contribution in [2.24, 2.45) is 0 Å². The molecule has 166 valence electrons. The van der Waals surface area contributed by atoms with E-state index in [1.165, 1.54) is 6.07 Å². The maximum absolute atomic E-state index is 15.0. The van der Waals surface area contributed by atoms with Crippen LogP contribution < -0.4 is 10.2 Å². The Morgan fingerprint density at radius 3 is 2.52 bits per heavy atom. The van der Waals surface area contributed by atoms with Crippen LogP contribution in [0.3, 0.4) is 0 Å². The van der Waals surface area contributed by atoms with Crippen molar-refractivity contribution >= 4 is 38.9 Å². The Kier molecular flexibility index (Phi) is 5.76. The second-order valence-electron chi connectivity index (χ2n) is 8.09. The predicted molar refractivity (Wildman–Crippen MR) is 137 cm³/mol. The first-order valence-electron chi connectivity index (χ1n) is 10.7. The number of hydrogen-bond donors (Lipinski definition) is 1. The van der Waals surface area contributed by atoms with Gasteiger partial charge in [-0.1, -0.05) is 40.2 Å². The molecular formula is C26H22BrFN4S. The number of rotatable bonds is 4. The highest BCUT2D eigenvalue weighted by atomic mass is 79.9. The van der Waals surface area contributed by atoms with E-state index in [1.54, 1.807) is 18.3 Å². The number of halogens is 2. The molecule has 2 aromatic carbocycles. The molecule has 7 heteroatoms. The van der Waals surface area contributed by atoms with Crippen LogP contribution in [0.25, 0.3) is 5.69 Å². The standard InChI is InChI=1S/C26H22BrFN4S/c1-16-14-20(17(2)31(16)19-9-7-8-18(27)15-19)25-24(22-11-5-6-13-29-22)30-26(33)32(25)23-12-4-3-10-21(23)28/h3-15,24-25H,1-2H3,(H,30,33)/t24-,25-/m0/s1. The normalized spacial score (nSPS) is 17.9. The van der Waals surface area contributed by atoms with Gasteiger partial charge >= 0.3 is 0 Å². The molecule has 0 spiro atoms. The van der Waals surface area contributed by atoms with Crippen molar-refractivity contribution in [2.75, 3.05) is 4.90 Å². The number of hydrogen-bond acceptors (Lipinski definition) is 2. The zero-order valence-corrected chi connectivity index (χ0v) is 20.6. The van der Waals surface area contributed by atoms with Gasteiger partial charge in [-0.15, -0.1) is 0 Å². The first kappa shape index (κ1) is 21.8. The summed E-state index contributed by atoms with van der Waals surface area (Å²) in [4.78, 5) is 6.48. The van der Waals surface area contributed by atoms with Crippen molar-refractivity contribution in [2.45, 2.75) is 25.9 Å². The Morgan fingerprint density at radius 1 is 1.00 bits per heavy atom. The summed E-state index contributed by atoms with van der Waals surface area (Å²) in [6.07, 6.45) is 1.77. The molecule has 4 nitrogen and oxygen atoms in total. The van der Waals surface area contributed by atoms with Gasteiger partial charge in [-0.3, -0.25) is 4.98 Å². The summed E-state index contributed by atoms with van der Waals surface area (Å²) in [6.45, 7) is 4.18. The van der Waals surface area contributed by atoms with Crippen LogP contribution >= 0.6 is 28.1 Å². The summed E-state index contributed by atoms with van der Waals surface area (Å²) in [7, 11) is 0. The van der Waals surface area contributed by atoms with Crippen molar-refractivity contribution in [3.8, 4) is 5.69 Å². The second kappa shape index (κ2) is 8.72. The second-order valence-corrected chi connectivity index (χ2v) is 9.39. The molecule has 2 aromatic heterocycles. The Morgan fingerprint density at radius 2 is 1.79 bits per heavy atom. The average Bonchev–Trinajstić information content (AvgIpc) is 3.30. The van der Waals surface area contributed by atoms with E-state index in [2.05, 4.69) is 62.8 Å². The monoisotopic (exact) mass is 520 g/mol. The minimum absolute atomic E-state index is 0.227. The molecule has 1 aliphatic rings. The number of aromatic nitrogens is 2. The van der Waals surface area contributed by atoms with E-state index in [0.717, 1.165) is 32.8 Å². The van der Waals surface area contributed by atoms with E-state index in [4.69, 9.17) is 12.2 Å². The third kappa shape index (κ3) is 3.85. The van der Waals surface area contributed by atoms with Crippen molar-refractivity contribution in [3.05, 3.63) is 112 Å². The molecule has 1 fully saturated rings. The van der Waals surface area contributed by atoms with Crippen molar-refractivity contribution in [3.63, 3.8) is 0 Å². The molecule has 1 N–H and O–H groups in total. The molecule has 1 aliphatic heterocycles. The fourth-order valence-electron chi connectivity index (χ4n) is 4.68. The summed E-state index contributed by atoms with van der Waals surface area (Å²) in [5.41, 5.74) is 5.60. The summed E-state index contributed by atoms with van der Waals surface area (Å²) in [5, 5.41) is 3.89. The first-order valence-corrected chi connectivity index (χ1v) is 11.9. The molecule has 3 heterocycles. The third-order valence-corrected chi connectivity index (χ3v) is 6.87. The minimum Gasteiger partial charge on any atom is -0.351 e. The SMILES string of the molecule is Cc1cc([C@H]2[C@H](c3ccccn3)NC(=S)N2c2ccccc2F)c(C)n1-c1cccc(Br)c1. The maximum Gasteiger partial charge on any atom is 0.174 e. The predicted octanol–water partition coefficient (Wildman–Crippen LogP) is 6.57. The molecule has 1 saturated heterocycles. The fraction of sp³-hybridized carbons (Fsp3) is 0.154. The van der Waals surface area contributed by atoms with Crippen molar-refractivity contribution in [1.82, 2.24) is 14.9 Å². The van der Waals surface area contributed by atoms with Gasteiger partial charge < -0.3 is 14.8 Å². The van der Waals surface area contributed by atoms with E-state index < -0.39 is 0 Å². The molecule has 5 rings (SSSR count). The highest BCUT2D eigenvalue weighted by molar-refractivity contribution is 9.10. The lowest BCUT2D eigenvalue weighted by Crippen LogP contribution is -2.30. The summed E-state index contributed by atoms with van der Waals surface area (Å²) in [6, 6.07) is 22.5. The Hall–Kier alpha value is -3.03. The number of thiocarbonyl (C=S) groups is 1. The van der Waals surface area contributed by atoms with Gasteiger partial charge in [0.1, 0.15) is 5.82 Å². The molecule has 33 heavy (non-hydrogen) atoms. The Labute approximate surface area is 206 Å². The van der Waals surface area contributed by atoms with Gasteiger partial charge in [-0.2, -0.15) is 0 Å². The van der Waals surface area contributed by atoms with Crippen LogP contribution in [-0.4, -0.2) is 14.7 Å². The summed E-state index contributed by atoms with van der Waals surface area (Å²) in [5.74, 6) is -0.311. The Bertz CT molecular complexity index is 1340. The van der Waals surface area contributed by atoms with Crippen LogP contribution in [0, 0.1) is 19.7 Å². The molecular weight excluding hydrogens is 499 g/mol. The molecule has 4 aromatic rings. The third-order valence-electron chi connectivity index (χ3n) is 6.07. The van der Waals surface area contributed by atoms with E-state index in [9.17, 15) is 4.39 Å². The maximum atomic E-state index is 15.0. The number of para-hydroxylation sites is 1. The molecule has 0 saturated carbocycles. The van der Waals surface area contributed by atoms with Gasteiger partial charge in [-0.05, 0) is 80.2 Å². The number of benzene rings is 2. The fourth-order valence-corrected chi connectivity index (χ4v) is 5.40. The number of nitrogens with zero attached hydrogens (tertiary/aromatic N) is 3. The van der Waals surface area contributed by atoms with Gasteiger partial charge in [0.15, 0.2) is 5.11 Å². The van der Waals surface area contributed by atoms with Crippen LogP contribution in [0.15, 0.2) is 83.5 Å². The highest BCUT2D eigenvalue weighted by Gasteiger charge is 2.43. The number of aryl methyl sites for hydroxylation is 1. The number of nitrogens with one attached hydrogen (secondary N) is 1. The summed E-state index contributed by atoms with van der Waals surface area (Å²) >= 11 is 9.32. The van der Waals surface area contributed by atoms with E-state index >= 15 is 0 Å². The van der Waals surface area contributed by atoms with Crippen LogP contribution in [0.5, 0.6) is 0 Å². The van der Waals surface area contributed by atoms with Gasteiger partial charge in [0, 0.05) is 27.7 Å². The van der Waals surface area contributed by atoms with Crippen molar-refractivity contribution in [1.29, 1.82) is 0 Å². The van der Waals surface area contributed by atoms with E-state index in [-0.39, 0.29) is 17.9 Å². The lowest BCUT2D eigenvalue weighted by molar-refractivity contribution is 0.556. The van der Waals surface area contributed by atoms with Gasteiger partial charge in [-0.25, -0.2) is 4.39 Å². The Balaban J connectivity index is 1.70. The minimum atomic E-state index is -0.311. The van der Waals surface area contributed by atoms with Gasteiger partial charge in [0.05, 0.1) is 23.5 Å². The molecule has 0 bridgehead atoms. The van der Waals surface area contributed by atoms with Crippen LogP contribution in [-0.2, 0) is 0 Å². The van der Waals surface area contributed by atoms with Crippen LogP contribution in [0.1, 0.15) is 34.7 Å². The zero-order valence-electron chi connectivity index (χ0n) is 18.2. The zero-order chi connectivity index (χ0) is 23.1. The van der Waals surface area contributed by atoms with Crippen molar-refractivity contribution < 1.29 is 4.39 Å². The van der Waals surface area contributed by atoms with Crippen LogP contribution in [0.2, 0.25) is 0 Å². The van der Waals surface area contributed by atoms with E-state index in [1.807, 2.05) is 41.3 Å². The number of anilines is 1.